The normalized spacial score (nSPS) is 12.8. The van der Waals surface area contributed by atoms with E-state index in [0.29, 0.717) is 25.3 Å². The summed E-state index contributed by atoms with van der Waals surface area (Å²) >= 11 is 0. The van der Waals surface area contributed by atoms with Gasteiger partial charge in [0.1, 0.15) is 11.3 Å². The smallest absolute Gasteiger partial charge is 0.236 e. The molecule has 1 aromatic carbocycles. The lowest BCUT2D eigenvalue weighted by atomic mass is 10.0. The molecule has 0 radical (unpaired) electrons. The van der Waals surface area contributed by atoms with E-state index in [2.05, 4.69) is 19.2 Å². The van der Waals surface area contributed by atoms with Gasteiger partial charge in [0.05, 0.1) is 6.04 Å². The van der Waals surface area contributed by atoms with Crippen molar-refractivity contribution in [2.45, 2.75) is 32.7 Å². The number of nitrogens with two attached hydrogens (primary N) is 1. The summed E-state index contributed by atoms with van der Waals surface area (Å²) in [7, 11) is 0. The average Bonchev–Trinajstić information content (AvgIpc) is 2.80. The van der Waals surface area contributed by atoms with E-state index in [0.717, 1.165) is 16.7 Å². The molecule has 3 N–H and O–H groups in total. The van der Waals surface area contributed by atoms with Gasteiger partial charge < -0.3 is 15.5 Å². The van der Waals surface area contributed by atoms with Gasteiger partial charge in [0, 0.05) is 18.4 Å². The molecule has 0 aliphatic heterocycles. The molecule has 0 spiro atoms. The number of para-hydroxylation sites is 1. The molecule has 0 saturated carbocycles. The van der Waals surface area contributed by atoms with Crippen molar-refractivity contribution in [3.8, 4) is 0 Å². The molecule has 0 bridgehead atoms. The summed E-state index contributed by atoms with van der Waals surface area (Å²) in [6, 6.07) is 9.47. The van der Waals surface area contributed by atoms with E-state index in [-0.39, 0.29) is 5.91 Å². The van der Waals surface area contributed by atoms with Crippen LogP contribution in [0.4, 0.5) is 0 Å². The second-order valence-corrected chi connectivity index (χ2v) is 5.53. The minimum atomic E-state index is -0.425. The van der Waals surface area contributed by atoms with E-state index < -0.39 is 6.04 Å². The minimum absolute atomic E-state index is 0.0881. The number of hydrogen-bond donors (Lipinski definition) is 2. The summed E-state index contributed by atoms with van der Waals surface area (Å²) in [5.74, 6) is 1.21. The minimum Gasteiger partial charge on any atom is -0.461 e. The number of carbonyl (C=O) groups excluding carboxylic acids is 1. The third kappa shape index (κ3) is 3.84. The molecule has 2 rings (SSSR count). The van der Waals surface area contributed by atoms with Gasteiger partial charge in [-0.3, -0.25) is 4.79 Å². The second kappa shape index (κ2) is 6.57. The Labute approximate surface area is 119 Å². The van der Waals surface area contributed by atoms with Crippen molar-refractivity contribution in [2.75, 3.05) is 6.54 Å². The Hall–Kier alpha value is -1.81. The molecule has 0 aliphatic rings. The highest BCUT2D eigenvalue weighted by molar-refractivity contribution is 5.81. The lowest BCUT2D eigenvalue weighted by molar-refractivity contribution is -0.122. The van der Waals surface area contributed by atoms with Gasteiger partial charge in [0.15, 0.2) is 0 Å². The highest BCUT2D eigenvalue weighted by atomic mass is 16.3. The number of benzene rings is 1. The van der Waals surface area contributed by atoms with Gasteiger partial charge in [-0.05, 0) is 24.5 Å². The lowest BCUT2D eigenvalue weighted by Gasteiger charge is -2.13. The summed E-state index contributed by atoms with van der Waals surface area (Å²) in [6.45, 7) is 4.66. The van der Waals surface area contributed by atoms with Gasteiger partial charge in [-0.1, -0.05) is 32.0 Å². The van der Waals surface area contributed by atoms with Crippen molar-refractivity contribution in [1.29, 1.82) is 0 Å². The van der Waals surface area contributed by atoms with Crippen LogP contribution in [-0.2, 0) is 11.2 Å². The molecule has 2 aromatic rings. The SMILES string of the molecule is CC(C)C[C@H](N)C(=O)NCCc1cc2ccccc2o1. The summed E-state index contributed by atoms with van der Waals surface area (Å²) in [6.07, 6.45) is 1.38. The molecule has 0 fully saturated rings. The zero-order valence-electron chi connectivity index (χ0n) is 12.1. The molecular weight excluding hydrogens is 252 g/mol. The first-order valence-electron chi connectivity index (χ1n) is 7.07. The number of furan rings is 1. The summed E-state index contributed by atoms with van der Waals surface area (Å²) in [5, 5.41) is 3.94. The Bertz CT molecular complexity index is 542. The van der Waals surface area contributed by atoms with Crippen LogP contribution in [0.5, 0.6) is 0 Å². The van der Waals surface area contributed by atoms with E-state index >= 15 is 0 Å². The molecule has 0 saturated heterocycles. The van der Waals surface area contributed by atoms with Gasteiger partial charge >= 0.3 is 0 Å². The van der Waals surface area contributed by atoms with Crippen molar-refractivity contribution >= 4 is 16.9 Å². The summed E-state index contributed by atoms with van der Waals surface area (Å²) in [5.41, 5.74) is 6.70. The number of rotatable bonds is 6. The molecule has 20 heavy (non-hydrogen) atoms. The Balaban J connectivity index is 1.82. The fraction of sp³-hybridized carbons (Fsp3) is 0.438. The molecule has 0 unspecified atom stereocenters. The Morgan fingerprint density at radius 3 is 2.80 bits per heavy atom. The topological polar surface area (TPSA) is 68.3 Å². The second-order valence-electron chi connectivity index (χ2n) is 5.53. The largest absolute Gasteiger partial charge is 0.461 e. The van der Waals surface area contributed by atoms with Crippen molar-refractivity contribution < 1.29 is 9.21 Å². The standard InChI is InChI=1S/C16H22N2O2/c1-11(2)9-14(17)16(19)18-8-7-13-10-12-5-3-4-6-15(12)20-13/h3-6,10-11,14H,7-9,17H2,1-2H3,(H,18,19)/t14-/m0/s1. The highest BCUT2D eigenvalue weighted by Gasteiger charge is 2.14. The quantitative estimate of drug-likeness (QED) is 0.850. The van der Waals surface area contributed by atoms with Gasteiger partial charge in [-0.15, -0.1) is 0 Å². The van der Waals surface area contributed by atoms with Crippen LogP contribution in [0.25, 0.3) is 11.0 Å². The fourth-order valence-electron chi connectivity index (χ4n) is 2.21. The van der Waals surface area contributed by atoms with Gasteiger partial charge in [-0.2, -0.15) is 0 Å². The Kier molecular flexibility index (Phi) is 4.79. The lowest BCUT2D eigenvalue weighted by Crippen LogP contribution is -2.42. The maximum atomic E-state index is 11.8. The van der Waals surface area contributed by atoms with E-state index in [4.69, 9.17) is 10.2 Å². The van der Waals surface area contributed by atoms with Crippen LogP contribution < -0.4 is 11.1 Å². The van der Waals surface area contributed by atoms with Crippen molar-refractivity contribution in [3.63, 3.8) is 0 Å². The summed E-state index contributed by atoms with van der Waals surface area (Å²) < 4.78 is 5.69. The van der Waals surface area contributed by atoms with Crippen LogP contribution in [-0.4, -0.2) is 18.5 Å². The van der Waals surface area contributed by atoms with Crippen LogP contribution in [0.3, 0.4) is 0 Å². The van der Waals surface area contributed by atoms with E-state index in [1.165, 1.54) is 0 Å². The molecular formula is C16H22N2O2. The number of hydrogen-bond acceptors (Lipinski definition) is 3. The predicted molar refractivity (Wildman–Crippen MR) is 80.4 cm³/mol. The molecule has 108 valence electrons. The van der Waals surface area contributed by atoms with E-state index in [9.17, 15) is 4.79 Å². The predicted octanol–water partition coefficient (Wildman–Crippen LogP) is 2.46. The van der Waals surface area contributed by atoms with Crippen LogP contribution >= 0.6 is 0 Å². The van der Waals surface area contributed by atoms with E-state index in [1.807, 2.05) is 30.3 Å². The van der Waals surface area contributed by atoms with Gasteiger partial charge in [0.25, 0.3) is 0 Å². The Morgan fingerprint density at radius 2 is 2.10 bits per heavy atom. The van der Waals surface area contributed by atoms with Crippen molar-refractivity contribution in [3.05, 3.63) is 36.1 Å². The first-order valence-corrected chi connectivity index (χ1v) is 7.07. The molecule has 1 atom stereocenters. The third-order valence-electron chi connectivity index (χ3n) is 3.21. The van der Waals surface area contributed by atoms with Crippen LogP contribution in [0.15, 0.2) is 34.7 Å². The van der Waals surface area contributed by atoms with Crippen molar-refractivity contribution in [1.82, 2.24) is 5.32 Å². The average molecular weight is 274 g/mol. The molecule has 4 nitrogen and oxygen atoms in total. The van der Waals surface area contributed by atoms with Crippen LogP contribution in [0.1, 0.15) is 26.0 Å². The molecule has 1 heterocycles. The zero-order chi connectivity index (χ0) is 14.5. The monoisotopic (exact) mass is 274 g/mol. The first kappa shape index (κ1) is 14.6. The zero-order valence-corrected chi connectivity index (χ0v) is 12.1. The molecule has 1 amide bonds. The van der Waals surface area contributed by atoms with Gasteiger partial charge in [-0.25, -0.2) is 0 Å². The highest BCUT2D eigenvalue weighted by Crippen LogP contribution is 2.18. The molecule has 1 aromatic heterocycles. The molecule has 4 heteroatoms. The van der Waals surface area contributed by atoms with Crippen molar-refractivity contribution in [2.24, 2.45) is 11.7 Å². The van der Waals surface area contributed by atoms with E-state index in [1.54, 1.807) is 0 Å². The fourth-order valence-corrected chi connectivity index (χ4v) is 2.21. The number of amides is 1. The third-order valence-corrected chi connectivity index (χ3v) is 3.21. The number of carbonyl (C=O) groups is 1. The van der Waals surface area contributed by atoms with Gasteiger partial charge in [0.2, 0.25) is 5.91 Å². The van der Waals surface area contributed by atoms with Crippen LogP contribution in [0, 0.1) is 5.92 Å². The Morgan fingerprint density at radius 1 is 1.35 bits per heavy atom. The first-order chi connectivity index (χ1) is 9.56. The maximum Gasteiger partial charge on any atom is 0.236 e. The maximum absolute atomic E-state index is 11.8. The number of nitrogens with one attached hydrogen (secondary N) is 1. The number of fused-ring (bicyclic) bond motifs is 1. The molecule has 0 aliphatic carbocycles. The van der Waals surface area contributed by atoms with Crippen LogP contribution in [0.2, 0.25) is 0 Å². The summed E-state index contributed by atoms with van der Waals surface area (Å²) in [4.78, 5) is 11.8.